The minimum absolute atomic E-state index is 0.261. The molecule has 1 aromatic carbocycles. The summed E-state index contributed by atoms with van der Waals surface area (Å²) in [6, 6.07) is 8.08. The number of nitrogens with zero attached hydrogens (tertiary/aromatic N) is 1. The number of aromatic nitrogens is 1. The Morgan fingerprint density at radius 3 is 3.00 bits per heavy atom. The molecule has 2 N–H and O–H groups in total. The lowest BCUT2D eigenvalue weighted by Gasteiger charge is -2.47. The Bertz CT molecular complexity index is 760. The summed E-state index contributed by atoms with van der Waals surface area (Å²) in [7, 11) is 1.67. The van der Waals surface area contributed by atoms with Crippen LogP contribution in [0.2, 0.25) is 0 Å². The molecule has 5 atom stereocenters. The molecule has 4 heterocycles. The minimum atomic E-state index is -0.467. The van der Waals surface area contributed by atoms with Gasteiger partial charge in [0.05, 0.1) is 25.7 Å². The van der Waals surface area contributed by atoms with Gasteiger partial charge in [-0.15, -0.1) is 6.58 Å². The van der Waals surface area contributed by atoms with Crippen LogP contribution >= 0.6 is 0 Å². The van der Waals surface area contributed by atoms with Gasteiger partial charge in [0.25, 0.3) is 0 Å². The summed E-state index contributed by atoms with van der Waals surface area (Å²) in [6.07, 6.45) is 5.76. The van der Waals surface area contributed by atoms with Gasteiger partial charge in [-0.3, -0.25) is 4.98 Å². The van der Waals surface area contributed by atoms with E-state index in [0.717, 1.165) is 41.7 Å². The van der Waals surface area contributed by atoms with Crippen LogP contribution in [-0.4, -0.2) is 36.3 Å². The maximum atomic E-state index is 11.2. The molecular formula is C20H25N2O2+. The molecule has 126 valence electrons. The van der Waals surface area contributed by atoms with Gasteiger partial charge >= 0.3 is 0 Å². The molecule has 4 nitrogen and oxygen atoms in total. The van der Waals surface area contributed by atoms with Crippen molar-refractivity contribution in [2.75, 3.05) is 20.2 Å². The van der Waals surface area contributed by atoms with Crippen molar-refractivity contribution in [1.29, 1.82) is 0 Å². The van der Waals surface area contributed by atoms with Gasteiger partial charge in [-0.25, -0.2) is 0 Å². The second kappa shape index (κ2) is 6.19. The molecule has 2 aromatic rings. The van der Waals surface area contributed by atoms with Crippen LogP contribution in [0, 0.1) is 11.8 Å². The van der Waals surface area contributed by atoms with Crippen LogP contribution in [0.4, 0.5) is 0 Å². The molecule has 3 saturated heterocycles. The Labute approximate surface area is 142 Å². The summed E-state index contributed by atoms with van der Waals surface area (Å²) in [5.41, 5.74) is 1.88. The van der Waals surface area contributed by atoms with E-state index in [2.05, 4.69) is 17.6 Å². The summed E-state index contributed by atoms with van der Waals surface area (Å²) in [4.78, 5) is 5.95. The standard InChI is InChI=1S/C20H24N2O2/c1-3-13-12-22-9-7-14(13)10-19(22)20(23)16-6-8-21-18-5-4-15(24-2)11-17(16)18/h3-6,8,11,13-14,19-20,23H,1,7,9-10,12H2,2H3/p+1/t13-,14-,19-,20-/m0/s1. The second-order valence-corrected chi connectivity index (χ2v) is 7.13. The van der Waals surface area contributed by atoms with Crippen LogP contribution in [-0.2, 0) is 0 Å². The molecule has 0 spiro atoms. The monoisotopic (exact) mass is 325 g/mol. The zero-order chi connectivity index (χ0) is 16.7. The molecule has 0 amide bonds. The molecule has 2 bridgehead atoms. The Morgan fingerprint density at radius 2 is 2.29 bits per heavy atom. The number of hydrogen-bond acceptors (Lipinski definition) is 3. The number of benzene rings is 1. The lowest BCUT2D eigenvalue weighted by Crippen LogP contribution is -3.20. The van der Waals surface area contributed by atoms with Crippen LogP contribution in [0.3, 0.4) is 0 Å². The van der Waals surface area contributed by atoms with Crippen molar-refractivity contribution in [2.24, 2.45) is 11.8 Å². The van der Waals surface area contributed by atoms with Gasteiger partial charge in [-0.05, 0) is 35.7 Å². The SMILES string of the molecule is C=C[C@H]1C[NH+]2CC[C@H]1C[C@H]2[C@@H](O)c1ccnc2ccc(OC)cc12. The normalized spacial score (nSPS) is 30.2. The summed E-state index contributed by atoms with van der Waals surface area (Å²) in [5.74, 6) is 2.07. The first-order valence-electron chi connectivity index (χ1n) is 8.79. The van der Waals surface area contributed by atoms with E-state index in [1.807, 2.05) is 24.3 Å². The number of aliphatic hydroxyl groups is 1. The number of rotatable bonds is 4. The highest BCUT2D eigenvalue weighted by molar-refractivity contribution is 5.83. The highest BCUT2D eigenvalue weighted by atomic mass is 16.5. The van der Waals surface area contributed by atoms with Crippen molar-refractivity contribution in [1.82, 2.24) is 4.98 Å². The van der Waals surface area contributed by atoms with Gasteiger partial charge < -0.3 is 14.7 Å². The van der Waals surface area contributed by atoms with Crippen LogP contribution in [0.5, 0.6) is 5.75 Å². The zero-order valence-corrected chi connectivity index (χ0v) is 14.1. The second-order valence-electron chi connectivity index (χ2n) is 7.13. The number of nitrogens with one attached hydrogen (secondary N) is 1. The number of fused-ring (bicyclic) bond motifs is 4. The molecule has 0 radical (unpaired) electrons. The fourth-order valence-electron chi connectivity index (χ4n) is 4.65. The number of methoxy groups -OCH3 is 1. The Hall–Kier alpha value is -1.91. The van der Waals surface area contributed by atoms with Gasteiger partial charge in [-0.2, -0.15) is 0 Å². The zero-order valence-electron chi connectivity index (χ0n) is 14.1. The third-order valence-corrected chi connectivity index (χ3v) is 6.01. The van der Waals surface area contributed by atoms with E-state index in [1.165, 1.54) is 11.3 Å². The van der Waals surface area contributed by atoms with Gasteiger partial charge in [-0.1, -0.05) is 6.08 Å². The van der Waals surface area contributed by atoms with Crippen LogP contribution in [0.25, 0.3) is 10.9 Å². The van der Waals surface area contributed by atoms with Gasteiger partial charge in [0.2, 0.25) is 0 Å². The van der Waals surface area contributed by atoms with E-state index in [-0.39, 0.29) is 6.04 Å². The van der Waals surface area contributed by atoms with E-state index >= 15 is 0 Å². The van der Waals surface area contributed by atoms with E-state index in [4.69, 9.17) is 4.74 Å². The molecule has 3 aliphatic heterocycles. The van der Waals surface area contributed by atoms with Crippen molar-refractivity contribution >= 4 is 10.9 Å². The Kier molecular flexibility index (Phi) is 4.02. The minimum Gasteiger partial charge on any atom is -0.497 e. The van der Waals surface area contributed by atoms with Crippen molar-refractivity contribution in [2.45, 2.75) is 25.0 Å². The molecule has 3 fully saturated rings. The van der Waals surface area contributed by atoms with Crippen molar-refractivity contribution < 1.29 is 14.7 Å². The third kappa shape index (κ3) is 2.50. The summed E-state index contributed by atoms with van der Waals surface area (Å²) >= 11 is 0. The fourth-order valence-corrected chi connectivity index (χ4v) is 4.65. The number of ether oxygens (including phenoxy) is 1. The molecule has 1 unspecified atom stereocenters. The van der Waals surface area contributed by atoms with Crippen molar-refractivity contribution in [3.8, 4) is 5.75 Å². The Balaban J connectivity index is 1.69. The van der Waals surface area contributed by atoms with Gasteiger partial charge in [0, 0.05) is 30.3 Å². The lowest BCUT2D eigenvalue weighted by atomic mass is 9.73. The lowest BCUT2D eigenvalue weighted by molar-refractivity contribution is -0.949. The van der Waals surface area contributed by atoms with Crippen molar-refractivity contribution in [3.63, 3.8) is 0 Å². The first-order valence-corrected chi connectivity index (χ1v) is 8.79. The topological polar surface area (TPSA) is 46.8 Å². The number of aliphatic hydroxyl groups excluding tert-OH is 1. The van der Waals surface area contributed by atoms with E-state index in [9.17, 15) is 5.11 Å². The first kappa shape index (κ1) is 15.6. The average molecular weight is 325 g/mol. The molecule has 24 heavy (non-hydrogen) atoms. The largest absolute Gasteiger partial charge is 0.497 e. The van der Waals surface area contributed by atoms with Gasteiger partial charge in [0.15, 0.2) is 0 Å². The summed E-state index contributed by atoms with van der Waals surface area (Å²) < 4.78 is 5.35. The number of hydrogen-bond donors (Lipinski definition) is 2. The summed E-state index contributed by atoms with van der Waals surface area (Å²) in [5, 5.41) is 12.2. The predicted octanol–water partition coefficient (Wildman–Crippen LogP) is 1.76. The maximum absolute atomic E-state index is 11.2. The van der Waals surface area contributed by atoms with E-state index in [0.29, 0.717) is 11.8 Å². The van der Waals surface area contributed by atoms with Crippen LogP contribution in [0.1, 0.15) is 24.5 Å². The van der Waals surface area contributed by atoms with E-state index < -0.39 is 6.10 Å². The number of pyridine rings is 1. The smallest absolute Gasteiger partial charge is 0.131 e. The summed E-state index contributed by atoms with van der Waals surface area (Å²) in [6.45, 7) is 6.25. The molecule has 3 aliphatic rings. The number of piperidine rings is 3. The molecule has 0 saturated carbocycles. The number of quaternary nitrogens is 1. The maximum Gasteiger partial charge on any atom is 0.131 e. The fraction of sp³-hybridized carbons (Fsp3) is 0.450. The Morgan fingerprint density at radius 1 is 1.42 bits per heavy atom. The molecule has 5 rings (SSSR count). The predicted molar refractivity (Wildman–Crippen MR) is 94.2 cm³/mol. The quantitative estimate of drug-likeness (QED) is 0.842. The highest BCUT2D eigenvalue weighted by Gasteiger charge is 2.45. The molecular weight excluding hydrogens is 300 g/mol. The third-order valence-electron chi connectivity index (χ3n) is 6.01. The van der Waals surface area contributed by atoms with Crippen LogP contribution in [0.15, 0.2) is 43.1 Å². The van der Waals surface area contributed by atoms with E-state index in [1.54, 1.807) is 13.3 Å². The molecule has 0 aliphatic carbocycles. The molecule has 4 heteroatoms. The molecule has 1 aromatic heterocycles. The highest BCUT2D eigenvalue weighted by Crippen LogP contribution is 2.34. The average Bonchev–Trinajstić information content (AvgIpc) is 2.66. The van der Waals surface area contributed by atoms with Gasteiger partial charge in [0.1, 0.15) is 17.9 Å². The van der Waals surface area contributed by atoms with Crippen molar-refractivity contribution in [3.05, 3.63) is 48.7 Å². The van der Waals surface area contributed by atoms with Crippen LogP contribution < -0.4 is 9.64 Å². The first-order chi connectivity index (χ1) is 11.7.